The highest BCUT2D eigenvalue weighted by Crippen LogP contribution is 2.25. The highest BCUT2D eigenvalue weighted by molar-refractivity contribution is 6.15. The number of imide groups is 1. The Kier molecular flexibility index (Phi) is 6.49. The number of hydrogen-bond donors (Lipinski definition) is 1. The predicted octanol–water partition coefficient (Wildman–Crippen LogP) is 3.74. The number of amides is 3. The first kappa shape index (κ1) is 22.8. The summed E-state index contributed by atoms with van der Waals surface area (Å²) in [5.74, 6) is -0.471. The van der Waals surface area contributed by atoms with Crippen molar-refractivity contribution in [2.45, 2.75) is 20.5 Å². The molecule has 8 heteroatoms. The molecule has 1 aliphatic rings. The van der Waals surface area contributed by atoms with Crippen LogP contribution in [-0.2, 0) is 20.9 Å². The molecule has 0 bridgehead atoms. The summed E-state index contributed by atoms with van der Waals surface area (Å²) in [4.78, 5) is 37.0. The van der Waals surface area contributed by atoms with Crippen molar-refractivity contribution in [3.8, 4) is 11.4 Å². The van der Waals surface area contributed by atoms with Gasteiger partial charge in [0.05, 0.1) is 7.11 Å². The van der Waals surface area contributed by atoms with Crippen LogP contribution < -0.4 is 10.1 Å². The maximum Gasteiger partial charge on any atom is 0.329 e. The van der Waals surface area contributed by atoms with Gasteiger partial charge < -0.3 is 19.4 Å². The van der Waals surface area contributed by atoms with Crippen molar-refractivity contribution in [2.24, 2.45) is 0 Å². The summed E-state index contributed by atoms with van der Waals surface area (Å²) in [5.41, 5.74) is 4.80. The first-order valence-corrected chi connectivity index (χ1v) is 10.7. The third-order valence-corrected chi connectivity index (χ3v) is 5.59. The van der Waals surface area contributed by atoms with E-state index in [2.05, 4.69) is 14.6 Å². The van der Waals surface area contributed by atoms with Crippen LogP contribution in [0.2, 0.25) is 0 Å². The number of ether oxygens (including phenoxy) is 2. The maximum atomic E-state index is 12.6. The second-order valence-electron chi connectivity index (χ2n) is 7.89. The van der Waals surface area contributed by atoms with E-state index in [1.165, 1.54) is 7.11 Å². The molecule has 1 aromatic heterocycles. The van der Waals surface area contributed by atoms with Crippen LogP contribution in [0.15, 0.2) is 66.4 Å². The number of methoxy groups -OCH3 is 1. The molecule has 0 unspecified atom stereocenters. The number of carbonyl (C=O) groups excluding carboxylic acids is 3. The lowest BCUT2D eigenvalue weighted by Gasteiger charge is -2.11. The number of urea groups is 1. The number of nitrogens with one attached hydrogen (secondary N) is 1. The summed E-state index contributed by atoms with van der Waals surface area (Å²) in [5, 5.41) is 2.53. The van der Waals surface area contributed by atoms with E-state index in [9.17, 15) is 14.4 Å². The molecule has 0 spiro atoms. The average molecular weight is 460 g/mol. The molecule has 3 aromatic rings. The summed E-state index contributed by atoms with van der Waals surface area (Å²) in [6.07, 6.45) is 1.62. The van der Waals surface area contributed by atoms with Crippen molar-refractivity contribution < 1.29 is 23.9 Å². The van der Waals surface area contributed by atoms with Crippen LogP contribution in [0, 0.1) is 13.8 Å². The molecule has 0 aliphatic carbocycles. The minimum absolute atomic E-state index is 0.110. The Morgan fingerprint density at radius 2 is 1.74 bits per heavy atom. The van der Waals surface area contributed by atoms with Crippen molar-refractivity contribution >= 4 is 24.0 Å². The Morgan fingerprint density at radius 1 is 1.03 bits per heavy atom. The monoisotopic (exact) mass is 459 g/mol. The fraction of sp³-hybridized carbons (Fsp3) is 0.192. The van der Waals surface area contributed by atoms with Crippen LogP contribution >= 0.6 is 0 Å². The smallest absolute Gasteiger partial charge is 0.329 e. The Morgan fingerprint density at radius 3 is 2.41 bits per heavy atom. The first-order valence-electron chi connectivity index (χ1n) is 10.7. The molecule has 4 rings (SSSR count). The van der Waals surface area contributed by atoms with Crippen molar-refractivity contribution in [3.05, 3.63) is 88.9 Å². The molecule has 0 atom stereocenters. The molecule has 1 N–H and O–H groups in total. The van der Waals surface area contributed by atoms with Crippen LogP contribution in [0.4, 0.5) is 4.79 Å². The summed E-state index contributed by atoms with van der Waals surface area (Å²) in [6.45, 7) is 3.96. The lowest BCUT2D eigenvalue weighted by atomic mass is 10.2. The number of rotatable bonds is 7. The standard InChI is InChI=1S/C26H25N3O5/c1-17-13-20(14-23-25(31)28(26(32)27-23)15-24(30)33-3)18(2)29(17)21-9-11-22(12-10-21)34-16-19-7-5-4-6-8-19/h4-14H,15-16H2,1-3H3,(H,27,32)/b23-14+. The van der Waals surface area contributed by atoms with Crippen molar-refractivity contribution in [2.75, 3.05) is 13.7 Å². The van der Waals surface area contributed by atoms with Gasteiger partial charge in [-0.15, -0.1) is 0 Å². The molecule has 8 nitrogen and oxygen atoms in total. The van der Waals surface area contributed by atoms with Gasteiger partial charge in [-0.2, -0.15) is 0 Å². The van der Waals surface area contributed by atoms with Gasteiger partial charge in [0, 0.05) is 17.1 Å². The average Bonchev–Trinajstić information content (AvgIpc) is 3.27. The quantitative estimate of drug-likeness (QED) is 0.330. The molecule has 2 aromatic carbocycles. The minimum atomic E-state index is -0.667. The zero-order valence-corrected chi connectivity index (χ0v) is 19.2. The van der Waals surface area contributed by atoms with E-state index in [-0.39, 0.29) is 5.70 Å². The molecule has 2 heterocycles. The van der Waals surface area contributed by atoms with Gasteiger partial charge in [0.2, 0.25) is 0 Å². The van der Waals surface area contributed by atoms with Gasteiger partial charge in [0.15, 0.2) is 0 Å². The molecule has 1 fully saturated rings. The topological polar surface area (TPSA) is 89.9 Å². The fourth-order valence-electron chi connectivity index (χ4n) is 3.83. The number of esters is 1. The lowest BCUT2D eigenvalue weighted by molar-refractivity contribution is -0.143. The molecule has 3 amide bonds. The number of aromatic nitrogens is 1. The van der Waals surface area contributed by atoms with Gasteiger partial charge in [0.1, 0.15) is 24.6 Å². The second kappa shape index (κ2) is 9.66. The predicted molar refractivity (Wildman–Crippen MR) is 126 cm³/mol. The molecule has 0 radical (unpaired) electrons. The number of nitrogens with zero attached hydrogens (tertiary/aromatic N) is 2. The van der Waals surface area contributed by atoms with Crippen LogP contribution in [0.25, 0.3) is 11.8 Å². The number of hydrogen-bond acceptors (Lipinski definition) is 5. The van der Waals surface area contributed by atoms with Gasteiger partial charge in [-0.05, 0) is 61.4 Å². The van der Waals surface area contributed by atoms with E-state index in [1.807, 2.05) is 74.5 Å². The van der Waals surface area contributed by atoms with Gasteiger partial charge in [-0.25, -0.2) is 9.69 Å². The normalized spacial score (nSPS) is 14.4. The van der Waals surface area contributed by atoms with E-state index in [0.717, 1.165) is 38.9 Å². The Labute approximate surface area is 197 Å². The van der Waals surface area contributed by atoms with Gasteiger partial charge >= 0.3 is 12.0 Å². The van der Waals surface area contributed by atoms with Crippen molar-refractivity contribution in [1.29, 1.82) is 0 Å². The summed E-state index contributed by atoms with van der Waals surface area (Å²) >= 11 is 0. The van der Waals surface area contributed by atoms with E-state index in [4.69, 9.17) is 4.74 Å². The second-order valence-corrected chi connectivity index (χ2v) is 7.89. The zero-order valence-electron chi connectivity index (χ0n) is 19.2. The molecule has 34 heavy (non-hydrogen) atoms. The molecular weight excluding hydrogens is 434 g/mol. The maximum absolute atomic E-state index is 12.6. The molecular formula is C26H25N3O5. The minimum Gasteiger partial charge on any atom is -0.489 e. The van der Waals surface area contributed by atoms with Gasteiger partial charge in [-0.3, -0.25) is 9.59 Å². The Balaban J connectivity index is 1.52. The van der Waals surface area contributed by atoms with E-state index < -0.39 is 24.5 Å². The number of aryl methyl sites for hydroxylation is 1. The van der Waals surface area contributed by atoms with Crippen LogP contribution in [0.5, 0.6) is 5.75 Å². The van der Waals surface area contributed by atoms with Crippen LogP contribution in [0.1, 0.15) is 22.5 Å². The lowest BCUT2D eigenvalue weighted by Crippen LogP contribution is -2.36. The summed E-state index contributed by atoms with van der Waals surface area (Å²) in [7, 11) is 1.20. The first-order chi connectivity index (χ1) is 16.4. The fourth-order valence-corrected chi connectivity index (χ4v) is 3.83. The molecule has 1 aliphatic heterocycles. The van der Waals surface area contributed by atoms with Crippen LogP contribution in [0.3, 0.4) is 0 Å². The third kappa shape index (κ3) is 4.71. The summed E-state index contributed by atoms with van der Waals surface area (Å²) < 4.78 is 12.5. The van der Waals surface area contributed by atoms with E-state index in [0.29, 0.717) is 6.61 Å². The number of carbonyl (C=O) groups is 3. The Bertz CT molecular complexity index is 1260. The highest BCUT2D eigenvalue weighted by atomic mass is 16.5. The molecule has 0 saturated carbocycles. The Hall–Kier alpha value is -4.33. The summed E-state index contributed by atoms with van der Waals surface area (Å²) in [6, 6.07) is 19.0. The molecule has 1 saturated heterocycles. The highest BCUT2D eigenvalue weighted by Gasteiger charge is 2.35. The zero-order chi connectivity index (χ0) is 24.2. The SMILES string of the molecule is COC(=O)CN1C(=O)N/C(=C/c2cc(C)n(-c3ccc(OCc4ccccc4)cc3)c2C)C1=O. The van der Waals surface area contributed by atoms with E-state index in [1.54, 1.807) is 6.08 Å². The molecule has 174 valence electrons. The van der Waals surface area contributed by atoms with Gasteiger partial charge in [0.25, 0.3) is 5.91 Å². The van der Waals surface area contributed by atoms with Crippen LogP contribution in [-0.4, -0.2) is 41.0 Å². The van der Waals surface area contributed by atoms with Crippen molar-refractivity contribution in [3.63, 3.8) is 0 Å². The van der Waals surface area contributed by atoms with Gasteiger partial charge in [-0.1, -0.05) is 30.3 Å². The number of benzene rings is 2. The van der Waals surface area contributed by atoms with Crippen molar-refractivity contribution in [1.82, 2.24) is 14.8 Å². The third-order valence-electron chi connectivity index (χ3n) is 5.59. The largest absolute Gasteiger partial charge is 0.489 e. The van der Waals surface area contributed by atoms with E-state index >= 15 is 0 Å².